The van der Waals surface area contributed by atoms with Crippen LogP contribution in [0.15, 0.2) is 42.0 Å². The molecule has 4 N–H and O–H groups in total. The fourth-order valence-electron chi connectivity index (χ4n) is 4.87. The number of ether oxygens (including phenoxy) is 2. The van der Waals surface area contributed by atoms with Crippen molar-refractivity contribution in [1.29, 1.82) is 0 Å². The summed E-state index contributed by atoms with van der Waals surface area (Å²) in [4.78, 5) is 29.8. The third-order valence-corrected chi connectivity index (χ3v) is 6.68. The van der Waals surface area contributed by atoms with Crippen molar-refractivity contribution in [3.63, 3.8) is 0 Å². The molecule has 0 saturated carbocycles. The minimum atomic E-state index is -4.54. The average molecular weight is 542 g/mol. The number of carbonyl (C=O) groups is 2. The number of hydrogen-bond donors (Lipinski definition) is 4. The van der Waals surface area contributed by atoms with E-state index >= 15 is 0 Å². The van der Waals surface area contributed by atoms with E-state index in [2.05, 4.69) is 15.5 Å². The van der Waals surface area contributed by atoms with Gasteiger partial charge in [-0.05, 0) is 37.4 Å². The van der Waals surface area contributed by atoms with Gasteiger partial charge in [-0.1, -0.05) is 30.4 Å². The Morgan fingerprint density at radius 1 is 1.24 bits per heavy atom. The van der Waals surface area contributed by atoms with Gasteiger partial charge in [0.15, 0.2) is 6.10 Å². The Bertz CT molecular complexity index is 1080. The molecule has 2 heterocycles. The molecule has 1 aliphatic carbocycles. The van der Waals surface area contributed by atoms with Gasteiger partial charge in [0.2, 0.25) is 0 Å². The lowest BCUT2D eigenvalue weighted by atomic mass is 9.80. The van der Waals surface area contributed by atoms with E-state index in [0.717, 1.165) is 6.07 Å². The number of aliphatic hydroxyl groups excluding tert-OH is 1. The molecule has 0 radical (unpaired) electrons. The van der Waals surface area contributed by atoms with Crippen molar-refractivity contribution in [3.05, 3.63) is 53.1 Å². The van der Waals surface area contributed by atoms with Crippen LogP contribution in [0.25, 0.3) is 5.70 Å². The third-order valence-electron chi connectivity index (χ3n) is 6.68. The van der Waals surface area contributed by atoms with Crippen LogP contribution in [0.1, 0.15) is 30.4 Å². The van der Waals surface area contributed by atoms with Crippen LogP contribution in [-0.4, -0.2) is 78.5 Å². The number of fused-ring (bicyclic) bond motifs is 1. The summed E-state index contributed by atoms with van der Waals surface area (Å²) in [5, 5.41) is 24.6. The Kier molecular flexibility index (Phi) is 8.92. The standard InChI is InChI=1S/C25H30F3N3O7/c26-25(27,28)20-5-2-1-4-18(20)21-10-15-6-7-16(11-19(15)23(33)30-21)31-13-17(38-24(31)34)14-36-22(32)12-29-8-3-9-37-35/h1-2,4-5,10-11,15-17,23,29-30,33,35H,3,6-9,12-14H2. The fraction of sp³-hybridized carbons (Fsp3) is 0.520. The first-order valence-corrected chi connectivity index (χ1v) is 12.3. The van der Waals surface area contributed by atoms with Crippen molar-refractivity contribution in [3.8, 4) is 0 Å². The molecule has 2 aliphatic heterocycles. The summed E-state index contributed by atoms with van der Waals surface area (Å²) in [6, 6.07) is 4.83. The normalized spacial score (nSPS) is 25.2. The predicted molar refractivity (Wildman–Crippen MR) is 127 cm³/mol. The number of aliphatic hydroxyl groups is 1. The minimum absolute atomic E-state index is 0.0323. The van der Waals surface area contributed by atoms with Crippen LogP contribution >= 0.6 is 0 Å². The van der Waals surface area contributed by atoms with Gasteiger partial charge in [-0.25, -0.2) is 9.68 Å². The van der Waals surface area contributed by atoms with Crippen LogP contribution in [0.4, 0.5) is 18.0 Å². The third kappa shape index (κ3) is 6.65. The number of carbonyl (C=O) groups excluding carboxylic acids is 2. The number of nitrogens with one attached hydrogen (secondary N) is 2. The summed E-state index contributed by atoms with van der Waals surface area (Å²) in [7, 11) is 0. The van der Waals surface area contributed by atoms with Gasteiger partial charge in [-0.3, -0.25) is 15.0 Å². The van der Waals surface area contributed by atoms with Crippen molar-refractivity contribution in [2.45, 2.75) is 43.8 Å². The highest BCUT2D eigenvalue weighted by molar-refractivity contribution is 5.73. The first kappa shape index (κ1) is 27.9. The van der Waals surface area contributed by atoms with Crippen molar-refractivity contribution in [2.75, 3.05) is 32.8 Å². The molecule has 1 amide bonds. The molecule has 1 saturated heterocycles. The quantitative estimate of drug-likeness (QED) is 0.116. The number of cyclic esters (lactones) is 1. The largest absolute Gasteiger partial charge is 0.461 e. The van der Waals surface area contributed by atoms with E-state index in [-0.39, 0.29) is 49.5 Å². The van der Waals surface area contributed by atoms with E-state index in [0.29, 0.717) is 31.4 Å². The van der Waals surface area contributed by atoms with Gasteiger partial charge in [-0.15, -0.1) is 0 Å². The lowest BCUT2D eigenvalue weighted by molar-refractivity contribution is -0.242. The molecule has 13 heteroatoms. The number of allylic oxidation sites excluding steroid dienone is 1. The monoisotopic (exact) mass is 541 g/mol. The maximum Gasteiger partial charge on any atom is 0.417 e. The first-order chi connectivity index (χ1) is 18.2. The number of nitrogens with zero attached hydrogens (tertiary/aromatic N) is 1. The Balaban J connectivity index is 1.35. The number of rotatable bonds is 10. The lowest BCUT2D eigenvalue weighted by Gasteiger charge is -2.37. The Morgan fingerprint density at radius 2 is 2.03 bits per heavy atom. The van der Waals surface area contributed by atoms with Crippen LogP contribution in [0.5, 0.6) is 0 Å². The Morgan fingerprint density at radius 3 is 2.79 bits per heavy atom. The molecule has 3 aliphatic rings. The van der Waals surface area contributed by atoms with Crippen molar-refractivity contribution < 1.29 is 47.5 Å². The summed E-state index contributed by atoms with van der Waals surface area (Å²) in [5.74, 6) is -0.802. The van der Waals surface area contributed by atoms with E-state index in [4.69, 9.17) is 14.7 Å². The highest BCUT2D eigenvalue weighted by atomic mass is 19.4. The van der Waals surface area contributed by atoms with Crippen molar-refractivity contribution in [2.24, 2.45) is 5.92 Å². The van der Waals surface area contributed by atoms with Gasteiger partial charge in [0.05, 0.1) is 31.3 Å². The lowest BCUT2D eigenvalue weighted by Crippen LogP contribution is -2.43. The van der Waals surface area contributed by atoms with Gasteiger partial charge < -0.3 is 25.2 Å². The molecule has 0 aromatic heterocycles. The first-order valence-electron chi connectivity index (χ1n) is 12.3. The molecule has 4 rings (SSSR count). The minimum Gasteiger partial charge on any atom is -0.461 e. The summed E-state index contributed by atoms with van der Waals surface area (Å²) in [5.41, 5.74) is -0.0274. The van der Waals surface area contributed by atoms with E-state index in [1.54, 1.807) is 12.2 Å². The molecule has 1 aromatic carbocycles. The number of amides is 1. The zero-order valence-corrected chi connectivity index (χ0v) is 20.4. The number of benzene rings is 1. The molecule has 1 aromatic rings. The molecular formula is C25H30F3N3O7. The molecule has 4 atom stereocenters. The van der Waals surface area contributed by atoms with Gasteiger partial charge in [0.25, 0.3) is 0 Å². The zero-order chi connectivity index (χ0) is 27.3. The zero-order valence-electron chi connectivity index (χ0n) is 20.4. The summed E-state index contributed by atoms with van der Waals surface area (Å²) in [6.07, 6.45) is -1.97. The summed E-state index contributed by atoms with van der Waals surface area (Å²) >= 11 is 0. The van der Waals surface area contributed by atoms with E-state index in [9.17, 15) is 27.9 Å². The van der Waals surface area contributed by atoms with Crippen molar-refractivity contribution >= 4 is 17.8 Å². The molecule has 38 heavy (non-hydrogen) atoms. The van der Waals surface area contributed by atoms with E-state index in [1.165, 1.54) is 23.1 Å². The number of hydrogen-bond acceptors (Lipinski definition) is 9. The highest BCUT2D eigenvalue weighted by Gasteiger charge is 2.40. The molecule has 4 unspecified atom stereocenters. The van der Waals surface area contributed by atoms with Crippen molar-refractivity contribution in [1.82, 2.24) is 15.5 Å². The van der Waals surface area contributed by atoms with E-state index in [1.807, 2.05) is 0 Å². The molecule has 1 fully saturated rings. The Labute approximate surface area is 217 Å². The van der Waals surface area contributed by atoms with Crippen LogP contribution in [0, 0.1) is 5.92 Å². The SMILES string of the molecule is O=C(CNCCCOO)OCC1CN(C2C=C3C(C=C(c4ccccc4C(F)(F)F)NC3O)CC2)C(=O)O1. The number of halogens is 3. The second-order valence-corrected chi connectivity index (χ2v) is 9.29. The van der Waals surface area contributed by atoms with Crippen LogP contribution in [-0.2, 0) is 25.3 Å². The molecule has 208 valence electrons. The summed E-state index contributed by atoms with van der Waals surface area (Å²) in [6.45, 7) is 0.634. The number of alkyl halides is 3. The second-order valence-electron chi connectivity index (χ2n) is 9.29. The van der Waals surface area contributed by atoms with Crippen LogP contribution < -0.4 is 10.6 Å². The average Bonchev–Trinajstić information content (AvgIpc) is 3.27. The fourth-order valence-corrected chi connectivity index (χ4v) is 4.87. The molecule has 10 nitrogen and oxygen atoms in total. The molecule has 0 spiro atoms. The van der Waals surface area contributed by atoms with Gasteiger partial charge in [0.1, 0.15) is 12.8 Å². The van der Waals surface area contributed by atoms with Gasteiger partial charge in [-0.2, -0.15) is 13.2 Å². The van der Waals surface area contributed by atoms with Gasteiger partial charge >= 0.3 is 18.2 Å². The van der Waals surface area contributed by atoms with Crippen LogP contribution in [0.3, 0.4) is 0 Å². The maximum absolute atomic E-state index is 13.5. The predicted octanol–water partition coefficient (Wildman–Crippen LogP) is 2.51. The molecule has 0 bridgehead atoms. The topological polar surface area (TPSA) is 130 Å². The smallest absolute Gasteiger partial charge is 0.417 e. The second kappa shape index (κ2) is 12.2. The maximum atomic E-state index is 13.5. The Hall–Kier alpha value is -3.13. The number of esters is 1. The van der Waals surface area contributed by atoms with Gasteiger partial charge in [0, 0.05) is 17.2 Å². The molecular weight excluding hydrogens is 511 g/mol. The highest BCUT2D eigenvalue weighted by Crippen LogP contribution is 2.39. The van der Waals surface area contributed by atoms with Crippen LogP contribution in [0.2, 0.25) is 0 Å². The summed E-state index contributed by atoms with van der Waals surface area (Å²) < 4.78 is 51.0. The van der Waals surface area contributed by atoms with E-state index < -0.39 is 36.1 Å².